The maximum Gasteiger partial charge on any atom is 0.264 e. The van der Waals surface area contributed by atoms with Crippen LogP contribution in [0, 0.1) is 12.8 Å². The number of hydrogen-bond donors (Lipinski definition) is 1. The van der Waals surface area contributed by atoms with Gasteiger partial charge >= 0.3 is 0 Å². The van der Waals surface area contributed by atoms with Gasteiger partial charge in [-0.1, -0.05) is 41.4 Å². The number of fused-ring (bicyclic) bond motifs is 1. The van der Waals surface area contributed by atoms with Crippen LogP contribution >= 0.6 is 23.2 Å². The van der Waals surface area contributed by atoms with Crippen LogP contribution in [-0.2, 0) is 14.8 Å². The number of benzene rings is 1. The van der Waals surface area contributed by atoms with E-state index in [4.69, 9.17) is 23.2 Å². The summed E-state index contributed by atoms with van der Waals surface area (Å²) < 4.78 is 28.8. The second-order valence-corrected chi connectivity index (χ2v) is 9.06. The van der Waals surface area contributed by atoms with Crippen molar-refractivity contribution in [2.45, 2.75) is 24.3 Å². The fraction of sp³-hybridized carbons (Fsp3) is 0.222. The van der Waals surface area contributed by atoms with E-state index in [2.05, 4.69) is 19.7 Å². The van der Waals surface area contributed by atoms with Crippen LogP contribution in [0.2, 0.25) is 10.4 Å². The lowest BCUT2D eigenvalue weighted by Crippen LogP contribution is -2.34. The average molecular weight is 452 g/mol. The summed E-state index contributed by atoms with van der Waals surface area (Å²) in [5.41, 5.74) is 1.77. The van der Waals surface area contributed by atoms with Gasteiger partial charge in [0, 0.05) is 0 Å². The van der Waals surface area contributed by atoms with Gasteiger partial charge in [-0.05, 0) is 37.1 Å². The highest BCUT2D eigenvalue weighted by Gasteiger charge is 2.30. The van der Waals surface area contributed by atoms with E-state index in [1.165, 1.54) is 12.1 Å². The number of carbonyl (C=O) groups is 1. The number of amides is 1. The number of sulfonamides is 1. The zero-order valence-electron chi connectivity index (χ0n) is 15.1. The van der Waals surface area contributed by atoms with Crippen molar-refractivity contribution in [1.82, 2.24) is 24.2 Å². The van der Waals surface area contributed by atoms with Crippen LogP contribution in [0.5, 0.6) is 0 Å². The third-order valence-corrected chi connectivity index (χ3v) is 6.47. The Hall–Kier alpha value is -2.49. The van der Waals surface area contributed by atoms with Gasteiger partial charge in [-0.3, -0.25) is 4.79 Å². The topological polar surface area (TPSA) is 107 Å². The number of aromatic nitrogens is 4. The van der Waals surface area contributed by atoms with Crippen LogP contribution in [0.1, 0.15) is 18.0 Å². The number of halogens is 2. The smallest absolute Gasteiger partial charge is 0.264 e. The number of hydrogen-bond acceptors (Lipinski definition) is 6. The summed E-state index contributed by atoms with van der Waals surface area (Å²) in [5, 5.41) is 0.129. The molecule has 11 heteroatoms. The second-order valence-electron chi connectivity index (χ2n) is 6.68. The number of allylic oxidation sites excluding steroid dienone is 1. The summed E-state index contributed by atoms with van der Waals surface area (Å²) in [4.78, 5) is 24.8. The zero-order chi connectivity index (χ0) is 20.8. The Morgan fingerprint density at radius 2 is 1.90 bits per heavy atom. The van der Waals surface area contributed by atoms with Crippen molar-refractivity contribution in [1.29, 1.82) is 0 Å². The Kier molecular flexibility index (Phi) is 5.05. The van der Waals surface area contributed by atoms with Crippen molar-refractivity contribution in [3.05, 3.63) is 58.7 Å². The maximum absolute atomic E-state index is 12.6. The summed E-state index contributed by atoms with van der Waals surface area (Å²) in [6.07, 6.45) is 5.36. The van der Waals surface area contributed by atoms with Gasteiger partial charge in [0.1, 0.15) is 5.52 Å². The van der Waals surface area contributed by atoms with E-state index >= 15 is 0 Å². The van der Waals surface area contributed by atoms with Crippen molar-refractivity contribution in [2.24, 2.45) is 5.92 Å². The largest absolute Gasteiger partial charge is 0.308 e. The van der Waals surface area contributed by atoms with Crippen molar-refractivity contribution >= 4 is 50.3 Å². The quantitative estimate of drug-likeness (QED) is 0.371. The van der Waals surface area contributed by atoms with Gasteiger partial charge in [0.15, 0.2) is 10.8 Å². The normalized spacial score (nSPS) is 19.0. The molecule has 1 amide bonds. The molecule has 150 valence electrons. The number of nitrogens with one attached hydrogen (secondary N) is 1. The van der Waals surface area contributed by atoms with Crippen LogP contribution in [0.3, 0.4) is 0 Å². The molecule has 0 fully saturated rings. The second kappa shape index (κ2) is 7.40. The molecule has 8 nitrogen and oxygen atoms in total. The lowest BCUT2D eigenvalue weighted by Gasteiger charge is -2.14. The van der Waals surface area contributed by atoms with Crippen molar-refractivity contribution in [3.8, 4) is 0 Å². The fourth-order valence-corrected chi connectivity index (χ4v) is 4.61. The first-order valence-corrected chi connectivity index (χ1v) is 10.9. The van der Waals surface area contributed by atoms with Crippen LogP contribution in [0.4, 0.5) is 0 Å². The molecule has 0 saturated heterocycles. The lowest BCUT2D eigenvalue weighted by atomic mass is 10.1. The van der Waals surface area contributed by atoms with E-state index in [1.807, 2.05) is 6.92 Å². The number of carbonyl (C=O) groups excluding carboxylic acids is 1. The highest BCUT2D eigenvalue weighted by molar-refractivity contribution is 7.90. The Balaban J connectivity index is 1.51. The first-order valence-electron chi connectivity index (χ1n) is 8.62. The monoisotopic (exact) mass is 451 g/mol. The van der Waals surface area contributed by atoms with Gasteiger partial charge in [0.2, 0.25) is 11.2 Å². The van der Waals surface area contributed by atoms with Gasteiger partial charge in [-0.25, -0.2) is 23.1 Å². The Bertz CT molecular complexity index is 1240. The minimum Gasteiger partial charge on any atom is -0.308 e. The van der Waals surface area contributed by atoms with E-state index in [-0.39, 0.29) is 21.4 Å². The Morgan fingerprint density at radius 1 is 1.17 bits per heavy atom. The molecule has 1 aliphatic rings. The Labute approximate surface area is 176 Å². The predicted molar refractivity (Wildman–Crippen MR) is 108 cm³/mol. The van der Waals surface area contributed by atoms with E-state index in [0.29, 0.717) is 17.6 Å². The average Bonchev–Trinajstić information content (AvgIpc) is 3.28. The van der Waals surface area contributed by atoms with Gasteiger partial charge < -0.3 is 4.57 Å². The SMILES string of the molecule is Cc1ccc(S(=O)(=O)NC(=O)C2C=CC(n3cnc4c(Cl)nc(Cl)nc43)C2)cc1. The Morgan fingerprint density at radius 3 is 2.62 bits per heavy atom. The molecule has 1 N–H and O–H groups in total. The summed E-state index contributed by atoms with van der Waals surface area (Å²) in [6, 6.07) is 6.02. The van der Waals surface area contributed by atoms with Crippen molar-refractivity contribution in [2.75, 3.05) is 0 Å². The summed E-state index contributed by atoms with van der Waals surface area (Å²) in [7, 11) is -3.94. The van der Waals surface area contributed by atoms with E-state index < -0.39 is 21.8 Å². The van der Waals surface area contributed by atoms with Crippen LogP contribution in [0.25, 0.3) is 11.2 Å². The van der Waals surface area contributed by atoms with Crippen molar-refractivity contribution < 1.29 is 13.2 Å². The highest BCUT2D eigenvalue weighted by Crippen LogP contribution is 2.32. The molecule has 0 radical (unpaired) electrons. The molecule has 4 rings (SSSR count). The van der Waals surface area contributed by atoms with Crippen LogP contribution < -0.4 is 4.72 Å². The van der Waals surface area contributed by atoms with E-state index in [1.54, 1.807) is 35.2 Å². The highest BCUT2D eigenvalue weighted by atomic mass is 35.5. The molecule has 29 heavy (non-hydrogen) atoms. The van der Waals surface area contributed by atoms with E-state index in [9.17, 15) is 13.2 Å². The van der Waals surface area contributed by atoms with Gasteiger partial charge in [-0.15, -0.1) is 0 Å². The molecule has 1 aliphatic carbocycles. The van der Waals surface area contributed by atoms with Gasteiger partial charge in [0.25, 0.3) is 10.0 Å². The van der Waals surface area contributed by atoms with Gasteiger partial charge in [-0.2, -0.15) is 4.98 Å². The molecule has 3 aromatic rings. The molecule has 0 spiro atoms. The molecule has 2 aromatic heterocycles. The van der Waals surface area contributed by atoms with Crippen LogP contribution in [-0.4, -0.2) is 33.8 Å². The fourth-order valence-electron chi connectivity index (χ4n) is 3.16. The minimum absolute atomic E-state index is 0.00953. The third kappa shape index (κ3) is 3.85. The van der Waals surface area contributed by atoms with Gasteiger partial charge in [0.05, 0.1) is 23.2 Å². The lowest BCUT2D eigenvalue weighted by molar-refractivity contribution is -0.121. The third-order valence-electron chi connectivity index (χ3n) is 4.67. The number of rotatable bonds is 4. The van der Waals surface area contributed by atoms with Crippen LogP contribution in [0.15, 0.2) is 47.6 Å². The predicted octanol–water partition coefficient (Wildman–Crippen LogP) is 3.06. The first kappa shape index (κ1) is 19.8. The molecular formula is C18H15Cl2N5O3S. The molecule has 0 bridgehead atoms. The van der Waals surface area contributed by atoms with Crippen molar-refractivity contribution in [3.63, 3.8) is 0 Å². The zero-order valence-corrected chi connectivity index (χ0v) is 17.4. The molecule has 0 aliphatic heterocycles. The molecule has 2 unspecified atom stereocenters. The first-order chi connectivity index (χ1) is 13.7. The maximum atomic E-state index is 12.6. The minimum atomic E-state index is -3.94. The molecular weight excluding hydrogens is 437 g/mol. The number of nitrogens with zero attached hydrogens (tertiary/aromatic N) is 4. The summed E-state index contributed by atoms with van der Waals surface area (Å²) in [6.45, 7) is 1.85. The number of aryl methyl sites for hydroxylation is 1. The van der Waals surface area contributed by atoms with E-state index in [0.717, 1.165) is 5.56 Å². The summed E-state index contributed by atoms with van der Waals surface area (Å²) in [5.74, 6) is -1.22. The standard InChI is InChI=1S/C18H15Cl2N5O3S/c1-10-2-6-13(7-3-10)29(27,28)24-17(26)11-4-5-12(8-11)25-9-21-14-15(19)22-18(20)23-16(14)25/h2-7,9,11-12H,8H2,1H3,(H,24,26). The molecule has 2 atom stereocenters. The molecule has 2 heterocycles. The summed E-state index contributed by atoms with van der Waals surface area (Å²) >= 11 is 11.9. The molecule has 1 aromatic carbocycles. The molecule has 0 saturated carbocycles. The number of imidazole rings is 1.